The minimum Gasteiger partial charge on any atom is -0.478 e. The van der Waals surface area contributed by atoms with Gasteiger partial charge in [0.25, 0.3) is 0 Å². The van der Waals surface area contributed by atoms with Crippen molar-refractivity contribution in [3.05, 3.63) is 52.0 Å². The zero-order chi connectivity index (χ0) is 14.0. The maximum absolute atomic E-state index is 11.1. The summed E-state index contributed by atoms with van der Waals surface area (Å²) in [5.74, 6) is -1.05. The van der Waals surface area contributed by atoms with Crippen LogP contribution in [0.2, 0.25) is 10.0 Å². The molecule has 0 radical (unpaired) electrons. The Kier molecular flexibility index (Phi) is 3.83. The van der Waals surface area contributed by atoms with Crippen LogP contribution in [0.25, 0.3) is 0 Å². The Morgan fingerprint density at radius 1 is 1.11 bits per heavy atom. The summed E-state index contributed by atoms with van der Waals surface area (Å²) >= 11 is 11.9. The number of nitrogens with two attached hydrogens (primary N) is 1. The number of aromatic carboxylic acids is 1. The van der Waals surface area contributed by atoms with E-state index in [1.165, 1.54) is 18.2 Å². The van der Waals surface area contributed by atoms with Gasteiger partial charge in [-0.25, -0.2) is 4.79 Å². The molecule has 0 aliphatic carbocycles. The summed E-state index contributed by atoms with van der Waals surface area (Å²) < 4.78 is 0. The van der Waals surface area contributed by atoms with Crippen molar-refractivity contribution in [3.63, 3.8) is 0 Å². The quantitative estimate of drug-likeness (QED) is 0.748. The van der Waals surface area contributed by atoms with E-state index in [2.05, 4.69) is 5.32 Å². The molecule has 0 bridgehead atoms. The standard InChI is InChI=1S/C13H10Cl2N2O2/c14-7-1-4-10(15)12(5-7)17-11-6-8(16)2-3-9(11)13(18)19/h1-6,17H,16H2,(H,18,19). The molecule has 0 aliphatic rings. The lowest BCUT2D eigenvalue weighted by molar-refractivity contribution is 0.0698. The number of halogens is 2. The van der Waals surface area contributed by atoms with Gasteiger partial charge in [-0.15, -0.1) is 0 Å². The van der Waals surface area contributed by atoms with Crippen molar-refractivity contribution < 1.29 is 9.90 Å². The van der Waals surface area contributed by atoms with Crippen molar-refractivity contribution in [3.8, 4) is 0 Å². The fourth-order valence-electron chi connectivity index (χ4n) is 1.59. The largest absolute Gasteiger partial charge is 0.478 e. The van der Waals surface area contributed by atoms with Crippen LogP contribution in [0.4, 0.5) is 17.1 Å². The first-order valence-electron chi connectivity index (χ1n) is 5.32. The summed E-state index contributed by atoms with van der Waals surface area (Å²) in [5, 5.41) is 13.0. The number of hydrogen-bond acceptors (Lipinski definition) is 3. The summed E-state index contributed by atoms with van der Waals surface area (Å²) in [7, 11) is 0. The van der Waals surface area contributed by atoms with E-state index in [9.17, 15) is 4.79 Å². The van der Waals surface area contributed by atoms with Gasteiger partial charge in [0.15, 0.2) is 0 Å². The molecule has 0 spiro atoms. The Morgan fingerprint density at radius 3 is 2.53 bits per heavy atom. The van der Waals surface area contributed by atoms with E-state index in [1.807, 2.05) is 0 Å². The van der Waals surface area contributed by atoms with Gasteiger partial charge in [-0.3, -0.25) is 0 Å². The number of rotatable bonds is 3. The van der Waals surface area contributed by atoms with E-state index < -0.39 is 5.97 Å². The van der Waals surface area contributed by atoms with Gasteiger partial charge >= 0.3 is 5.97 Å². The molecular weight excluding hydrogens is 287 g/mol. The normalized spacial score (nSPS) is 10.2. The van der Waals surface area contributed by atoms with Crippen LogP contribution < -0.4 is 11.1 Å². The van der Waals surface area contributed by atoms with E-state index in [0.29, 0.717) is 27.1 Å². The zero-order valence-electron chi connectivity index (χ0n) is 9.65. The van der Waals surface area contributed by atoms with Crippen molar-refractivity contribution in [2.45, 2.75) is 0 Å². The molecule has 4 N–H and O–H groups in total. The van der Waals surface area contributed by atoms with E-state index in [-0.39, 0.29) is 5.56 Å². The number of nitrogen functional groups attached to an aromatic ring is 1. The molecule has 0 aliphatic heterocycles. The molecule has 0 atom stereocenters. The topological polar surface area (TPSA) is 75.4 Å². The molecule has 0 heterocycles. The van der Waals surface area contributed by atoms with Crippen LogP contribution in [0.1, 0.15) is 10.4 Å². The highest BCUT2D eigenvalue weighted by atomic mass is 35.5. The predicted molar refractivity (Wildman–Crippen MR) is 77.6 cm³/mol. The molecule has 0 fully saturated rings. The zero-order valence-corrected chi connectivity index (χ0v) is 11.2. The van der Waals surface area contributed by atoms with Crippen molar-refractivity contribution in [2.75, 3.05) is 11.1 Å². The smallest absolute Gasteiger partial charge is 0.337 e. The Hall–Kier alpha value is -1.91. The maximum atomic E-state index is 11.1. The van der Waals surface area contributed by atoms with Crippen molar-refractivity contribution in [2.24, 2.45) is 0 Å². The Bertz CT molecular complexity index is 645. The van der Waals surface area contributed by atoms with Gasteiger partial charge in [0.1, 0.15) is 0 Å². The summed E-state index contributed by atoms with van der Waals surface area (Å²) in [6.45, 7) is 0. The Morgan fingerprint density at radius 2 is 1.84 bits per heavy atom. The van der Waals surface area contributed by atoms with Crippen molar-refractivity contribution in [1.82, 2.24) is 0 Å². The molecule has 0 unspecified atom stereocenters. The van der Waals surface area contributed by atoms with Crippen LogP contribution in [0.5, 0.6) is 0 Å². The van der Waals surface area contributed by atoms with Gasteiger partial charge in [-0.2, -0.15) is 0 Å². The Labute approximate surface area is 119 Å². The van der Waals surface area contributed by atoms with Crippen LogP contribution in [0.15, 0.2) is 36.4 Å². The monoisotopic (exact) mass is 296 g/mol. The molecule has 0 amide bonds. The summed E-state index contributed by atoms with van der Waals surface area (Å²) in [5.41, 5.74) is 7.08. The van der Waals surface area contributed by atoms with E-state index in [1.54, 1.807) is 18.2 Å². The van der Waals surface area contributed by atoms with Gasteiger partial charge in [0.05, 0.1) is 22.0 Å². The molecule has 98 valence electrons. The van der Waals surface area contributed by atoms with Gasteiger partial charge in [0.2, 0.25) is 0 Å². The second kappa shape index (κ2) is 5.38. The number of anilines is 3. The molecule has 2 rings (SSSR count). The highest BCUT2D eigenvalue weighted by molar-refractivity contribution is 6.35. The number of carboxylic acids is 1. The third-order valence-electron chi connectivity index (χ3n) is 2.47. The first-order valence-corrected chi connectivity index (χ1v) is 6.08. The lowest BCUT2D eigenvalue weighted by Crippen LogP contribution is -2.04. The lowest BCUT2D eigenvalue weighted by atomic mass is 10.1. The molecule has 0 saturated carbocycles. The van der Waals surface area contributed by atoms with Gasteiger partial charge in [-0.05, 0) is 36.4 Å². The molecule has 2 aromatic carbocycles. The highest BCUT2D eigenvalue weighted by Crippen LogP contribution is 2.30. The molecule has 2 aromatic rings. The van der Waals surface area contributed by atoms with Crippen LogP contribution in [-0.4, -0.2) is 11.1 Å². The summed E-state index contributed by atoms with van der Waals surface area (Å²) in [4.78, 5) is 11.1. The summed E-state index contributed by atoms with van der Waals surface area (Å²) in [6.07, 6.45) is 0. The second-order valence-electron chi connectivity index (χ2n) is 3.86. The molecular formula is C13H10Cl2N2O2. The fraction of sp³-hybridized carbons (Fsp3) is 0. The lowest BCUT2D eigenvalue weighted by Gasteiger charge is -2.12. The van der Waals surface area contributed by atoms with Crippen LogP contribution in [-0.2, 0) is 0 Å². The highest BCUT2D eigenvalue weighted by Gasteiger charge is 2.11. The minimum absolute atomic E-state index is 0.102. The van der Waals surface area contributed by atoms with Gasteiger partial charge in [0, 0.05) is 10.7 Å². The van der Waals surface area contributed by atoms with Gasteiger partial charge < -0.3 is 16.2 Å². The van der Waals surface area contributed by atoms with Crippen LogP contribution in [0, 0.1) is 0 Å². The van der Waals surface area contributed by atoms with E-state index >= 15 is 0 Å². The minimum atomic E-state index is -1.05. The molecule has 6 heteroatoms. The molecule has 0 saturated heterocycles. The van der Waals surface area contributed by atoms with Gasteiger partial charge in [-0.1, -0.05) is 23.2 Å². The SMILES string of the molecule is Nc1ccc(C(=O)O)c(Nc2cc(Cl)ccc2Cl)c1. The molecule has 4 nitrogen and oxygen atoms in total. The third kappa shape index (κ3) is 3.10. The number of carboxylic acid groups (broad SMARTS) is 1. The van der Waals surface area contributed by atoms with Crippen LogP contribution in [0.3, 0.4) is 0 Å². The summed E-state index contributed by atoms with van der Waals surface area (Å²) in [6, 6.07) is 9.36. The number of carbonyl (C=O) groups is 1. The number of nitrogens with one attached hydrogen (secondary N) is 1. The third-order valence-corrected chi connectivity index (χ3v) is 3.04. The number of hydrogen-bond donors (Lipinski definition) is 3. The Balaban J connectivity index is 2.45. The van der Waals surface area contributed by atoms with Crippen LogP contribution >= 0.6 is 23.2 Å². The van der Waals surface area contributed by atoms with Crippen molar-refractivity contribution in [1.29, 1.82) is 0 Å². The first-order chi connectivity index (χ1) is 8.97. The predicted octanol–water partition coefficient (Wildman–Crippen LogP) is 4.02. The average molecular weight is 297 g/mol. The second-order valence-corrected chi connectivity index (χ2v) is 4.70. The molecule has 0 aromatic heterocycles. The molecule has 19 heavy (non-hydrogen) atoms. The van der Waals surface area contributed by atoms with E-state index in [4.69, 9.17) is 34.0 Å². The average Bonchev–Trinajstić information content (AvgIpc) is 2.33. The van der Waals surface area contributed by atoms with E-state index in [0.717, 1.165) is 0 Å². The maximum Gasteiger partial charge on any atom is 0.337 e. The fourth-order valence-corrected chi connectivity index (χ4v) is 1.93. The number of benzene rings is 2. The van der Waals surface area contributed by atoms with Crippen molar-refractivity contribution >= 4 is 46.2 Å². The first kappa shape index (κ1) is 13.5.